The van der Waals surface area contributed by atoms with Gasteiger partial charge in [-0.2, -0.15) is 0 Å². The minimum absolute atomic E-state index is 0.00830. The molecule has 0 aliphatic rings. The first kappa shape index (κ1) is 15.4. The minimum atomic E-state index is -1.13. The Labute approximate surface area is 132 Å². The average molecular weight is 371 g/mol. The molecule has 0 aliphatic carbocycles. The van der Waals surface area contributed by atoms with Crippen molar-refractivity contribution in [3.8, 4) is 0 Å². The molecule has 0 spiro atoms. The maximum Gasteiger partial charge on any atom is 0.337 e. The van der Waals surface area contributed by atoms with Gasteiger partial charge in [0.15, 0.2) is 0 Å². The molecule has 0 atom stereocenters. The number of halogens is 1. The number of hydrogen-bond donors (Lipinski definition) is 3. The molecule has 2 aromatic rings. The number of aryl methyl sites for hydroxylation is 1. The zero-order chi connectivity index (χ0) is 15.4. The lowest BCUT2D eigenvalue weighted by molar-refractivity contribution is 0.0698. The van der Waals surface area contributed by atoms with Crippen LogP contribution in [0.1, 0.15) is 22.3 Å². The molecule has 1 heterocycles. The predicted octanol–water partition coefficient (Wildman–Crippen LogP) is 3.21. The molecule has 3 N–H and O–H groups in total. The van der Waals surface area contributed by atoms with Crippen molar-refractivity contribution in [3.05, 3.63) is 33.2 Å². The number of hydrogen-bond acceptors (Lipinski definition) is 5. The molecule has 0 radical (unpaired) electrons. The van der Waals surface area contributed by atoms with E-state index in [1.165, 1.54) is 23.5 Å². The van der Waals surface area contributed by atoms with Gasteiger partial charge in [-0.3, -0.25) is 5.32 Å². The van der Waals surface area contributed by atoms with Gasteiger partial charge in [-0.1, -0.05) is 34.2 Å². The number of amides is 2. The fourth-order valence-corrected chi connectivity index (χ4v) is 2.54. The highest BCUT2D eigenvalue weighted by Crippen LogP contribution is 2.22. The monoisotopic (exact) mass is 370 g/mol. The van der Waals surface area contributed by atoms with Gasteiger partial charge in [0, 0.05) is 4.47 Å². The first-order valence-electron chi connectivity index (χ1n) is 5.92. The van der Waals surface area contributed by atoms with Crippen LogP contribution >= 0.6 is 27.3 Å². The van der Waals surface area contributed by atoms with Crippen LogP contribution in [0.4, 0.5) is 15.6 Å². The van der Waals surface area contributed by atoms with Crippen LogP contribution in [0.2, 0.25) is 0 Å². The maximum absolute atomic E-state index is 11.9. The van der Waals surface area contributed by atoms with Gasteiger partial charge in [0.05, 0.1) is 11.3 Å². The number of benzene rings is 1. The van der Waals surface area contributed by atoms with Crippen molar-refractivity contribution in [1.29, 1.82) is 0 Å². The van der Waals surface area contributed by atoms with Crippen LogP contribution in [0, 0.1) is 0 Å². The molecular formula is C12H11BrN4O3S. The Morgan fingerprint density at radius 1 is 1.33 bits per heavy atom. The lowest BCUT2D eigenvalue weighted by Gasteiger charge is -2.08. The molecule has 0 saturated heterocycles. The molecule has 9 heteroatoms. The van der Waals surface area contributed by atoms with Crippen molar-refractivity contribution >= 4 is 50.1 Å². The Morgan fingerprint density at radius 3 is 2.71 bits per heavy atom. The van der Waals surface area contributed by atoms with Gasteiger partial charge in [0.1, 0.15) is 5.01 Å². The minimum Gasteiger partial charge on any atom is -0.478 e. The smallest absolute Gasteiger partial charge is 0.337 e. The van der Waals surface area contributed by atoms with E-state index in [-0.39, 0.29) is 11.3 Å². The highest BCUT2D eigenvalue weighted by Gasteiger charge is 2.14. The lowest BCUT2D eigenvalue weighted by Crippen LogP contribution is -2.21. The SMILES string of the molecule is CCc1nnc(NC(=O)Nc2ccc(Br)cc2C(=O)O)s1. The summed E-state index contributed by atoms with van der Waals surface area (Å²) in [4.78, 5) is 23.0. The van der Waals surface area contributed by atoms with Crippen molar-refractivity contribution in [2.75, 3.05) is 10.6 Å². The van der Waals surface area contributed by atoms with E-state index in [0.717, 1.165) is 11.4 Å². The van der Waals surface area contributed by atoms with Gasteiger partial charge < -0.3 is 10.4 Å². The third kappa shape index (κ3) is 3.99. The summed E-state index contributed by atoms with van der Waals surface area (Å²) >= 11 is 4.45. The van der Waals surface area contributed by atoms with E-state index in [1.54, 1.807) is 6.07 Å². The Morgan fingerprint density at radius 2 is 2.10 bits per heavy atom. The van der Waals surface area contributed by atoms with Gasteiger partial charge in [-0.25, -0.2) is 9.59 Å². The molecule has 110 valence electrons. The molecule has 2 rings (SSSR count). The number of nitrogens with one attached hydrogen (secondary N) is 2. The van der Waals surface area contributed by atoms with E-state index in [1.807, 2.05) is 6.92 Å². The van der Waals surface area contributed by atoms with Gasteiger partial charge in [-0.05, 0) is 24.6 Å². The molecule has 2 amide bonds. The van der Waals surface area contributed by atoms with Gasteiger partial charge in [0.25, 0.3) is 0 Å². The predicted molar refractivity (Wildman–Crippen MR) is 83.0 cm³/mol. The summed E-state index contributed by atoms with van der Waals surface area (Å²) < 4.78 is 0.613. The molecule has 0 saturated carbocycles. The van der Waals surface area contributed by atoms with Gasteiger partial charge in [0.2, 0.25) is 5.13 Å². The number of urea groups is 1. The van der Waals surface area contributed by atoms with Crippen molar-refractivity contribution < 1.29 is 14.7 Å². The quantitative estimate of drug-likeness (QED) is 0.766. The average Bonchev–Trinajstić information content (AvgIpc) is 2.88. The summed E-state index contributed by atoms with van der Waals surface area (Å²) in [5.41, 5.74) is 0.189. The molecule has 7 nitrogen and oxygen atoms in total. The van der Waals surface area contributed by atoms with Crippen LogP contribution < -0.4 is 10.6 Å². The summed E-state index contributed by atoms with van der Waals surface area (Å²) in [5, 5.41) is 23.0. The Bertz CT molecular complexity index is 689. The van der Waals surface area contributed by atoms with Crippen LogP contribution in [-0.2, 0) is 6.42 Å². The third-order valence-electron chi connectivity index (χ3n) is 2.45. The van der Waals surface area contributed by atoms with E-state index >= 15 is 0 Å². The Kier molecular flexibility index (Phi) is 4.86. The second-order valence-electron chi connectivity index (χ2n) is 3.93. The highest BCUT2D eigenvalue weighted by atomic mass is 79.9. The molecule has 1 aromatic carbocycles. The molecule has 0 unspecified atom stereocenters. The van der Waals surface area contributed by atoms with Crippen LogP contribution in [0.5, 0.6) is 0 Å². The lowest BCUT2D eigenvalue weighted by atomic mass is 10.2. The summed E-state index contributed by atoms with van der Waals surface area (Å²) in [7, 11) is 0. The van der Waals surface area contributed by atoms with E-state index in [2.05, 4.69) is 36.8 Å². The highest BCUT2D eigenvalue weighted by molar-refractivity contribution is 9.10. The molecular weight excluding hydrogens is 360 g/mol. The zero-order valence-corrected chi connectivity index (χ0v) is 13.3. The van der Waals surface area contributed by atoms with E-state index in [9.17, 15) is 9.59 Å². The van der Waals surface area contributed by atoms with E-state index < -0.39 is 12.0 Å². The summed E-state index contributed by atoms with van der Waals surface area (Å²) in [5.74, 6) is -1.13. The van der Waals surface area contributed by atoms with Crippen LogP contribution in [0.3, 0.4) is 0 Å². The fraction of sp³-hybridized carbons (Fsp3) is 0.167. The molecule has 0 aliphatic heterocycles. The number of anilines is 2. The number of carbonyl (C=O) groups excluding carboxylic acids is 1. The number of aromatic carboxylic acids is 1. The number of nitrogens with zero attached hydrogens (tertiary/aromatic N) is 2. The van der Waals surface area contributed by atoms with Crippen molar-refractivity contribution in [3.63, 3.8) is 0 Å². The van der Waals surface area contributed by atoms with Crippen molar-refractivity contribution in [2.24, 2.45) is 0 Å². The Balaban J connectivity index is 2.10. The van der Waals surface area contributed by atoms with Gasteiger partial charge in [-0.15, -0.1) is 10.2 Å². The number of carboxylic acid groups (broad SMARTS) is 1. The van der Waals surface area contributed by atoms with Crippen molar-refractivity contribution in [2.45, 2.75) is 13.3 Å². The van der Waals surface area contributed by atoms with E-state index in [0.29, 0.717) is 9.60 Å². The van der Waals surface area contributed by atoms with Crippen molar-refractivity contribution in [1.82, 2.24) is 10.2 Å². The molecule has 0 fully saturated rings. The Hall–Kier alpha value is -2.00. The topological polar surface area (TPSA) is 104 Å². The number of aromatic nitrogens is 2. The standard InChI is InChI=1S/C12H11BrN4O3S/c1-2-9-16-17-12(21-9)15-11(20)14-8-4-3-6(13)5-7(8)10(18)19/h3-5H,2H2,1H3,(H,18,19)(H2,14,15,17,20). The second-order valence-corrected chi connectivity index (χ2v) is 5.91. The first-order chi connectivity index (χ1) is 9.99. The zero-order valence-electron chi connectivity index (χ0n) is 10.9. The summed E-state index contributed by atoms with van der Waals surface area (Å²) in [6.07, 6.45) is 0.733. The third-order valence-corrected chi connectivity index (χ3v) is 3.93. The second kappa shape index (κ2) is 6.64. The molecule has 21 heavy (non-hydrogen) atoms. The number of carboxylic acids is 1. The summed E-state index contributed by atoms with van der Waals surface area (Å²) in [6.45, 7) is 1.94. The largest absolute Gasteiger partial charge is 0.478 e. The van der Waals surface area contributed by atoms with Crippen LogP contribution in [-0.4, -0.2) is 27.3 Å². The van der Waals surface area contributed by atoms with Crippen LogP contribution in [0.25, 0.3) is 0 Å². The number of carbonyl (C=O) groups is 2. The van der Waals surface area contributed by atoms with Crippen LogP contribution in [0.15, 0.2) is 22.7 Å². The normalized spacial score (nSPS) is 10.2. The molecule has 1 aromatic heterocycles. The first-order valence-corrected chi connectivity index (χ1v) is 7.53. The van der Waals surface area contributed by atoms with E-state index in [4.69, 9.17) is 5.11 Å². The fourth-order valence-electron chi connectivity index (χ4n) is 1.50. The maximum atomic E-state index is 11.9. The van der Waals surface area contributed by atoms with Gasteiger partial charge >= 0.3 is 12.0 Å². The summed E-state index contributed by atoms with van der Waals surface area (Å²) in [6, 6.07) is 3.99. The molecule has 0 bridgehead atoms. The number of rotatable bonds is 4.